The molecule has 0 aromatic rings. The summed E-state index contributed by atoms with van der Waals surface area (Å²) in [5.41, 5.74) is 2.51. The Morgan fingerprint density at radius 1 is 0.591 bits per heavy atom. The van der Waals surface area contributed by atoms with Crippen LogP contribution in [-0.4, -0.2) is 46.3 Å². The first-order valence-corrected chi connectivity index (χ1v) is 17.8. The number of rotatable bonds is 0. The van der Waals surface area contributed by atoms with Gasteiger partial charge in [-0.3, -0.25) is 9.59 Å². The minimum absolute atomic E-state index is 0.136. The molecule has 14 atom stereocenters. The molecule has 2 N–H and O–H groups in total. The fraction of sp³-hybridized carbons (Fsp3) is 0.842. The van der Waals surface area contributed by atoms with Gasteiger partial charge in [0.2, 0.25) is 0 Å². The van der Waals surface area contributed by atoms with Crippen LogP contribution < -0.4 is 0 Å². The molecule has 0 aromatic heterocycles. The van der Waals surface area contributed by atoms with Crippen molar-refractivity contribution in [3.8, 4) is 0 Å². The summed E-state index contributed by atoms with van der Waals surface area (Å²) < 4.78 is 28.4. The Bertz CT molecular complexity index is 1180. The van der Waals surface area contributed by atoms with E-state index < -0.39 is 24.6 Å². The molecule has 8 rings (SSSR count). The lowest BCUT2D eigenvalue weighted by Crippen LogP contribution is -2.51. The van der Waals surface area contributed by atoms with Gasteiger partial charge in [-0.25, -0.2) is 8.78 Å². The summed E-state index contributed by atoms with van der Waals surface area (Å²) in [7, 11) is 0. The van der Waals surface area contributed by atoms with E-state index >= 15 is 0 Å². The number of allylic oxidation sites excluding steroid dienone is 2. The summed E-state index contributed by atoms with van der Waals surface area (Å²) in [5.74, 6) is 3.36. The number of hydrogen-bond acceptors (Lipinski definition) is 4. The summed E-state index contributed by atoms with van der Waals surface area (Å²) in [6.07, 6.45) is 12.6. The van der Waals surface area contributed by atoms with Crippen LogP contribution in [0.5, 0.6) is 0 Å². The third-order valence-electron chi connectivity index (χ3n) is 15.8. The van der Waals surface area contributed by atoms with E-state index in [1.54, 1.807) is 0 Å². The van der Waals surface area contributed by atoms with Crippen LogP contribution in [0.4, 0.5) is 8.78 Å². The van der Waals surface area contributed by atoms with Crippen molar-refractivity contribution in [1.82, 2.24) is 0 Å². The Morgan fingerprint density at radius 3 is 1.36 bits per heavy atom. The van der Waals surface area contributed by atoms with Crippen LogP contribution >= 0.6 is 0 Å². The largest absolute Gasteiger partial charge is 0.390 e. The predicted octanol–water partition coefficient (Wildman–Crippen LogP) is 7.65. The maximum atomic E-state index is 14.2. The molecular weight excluding hydrogens is 558 g/mol. The number of carbonyl (C=O) groups excluding carboxylic acids is 2. The Balaban J connectivity index is 0.000000142. The monoisotopic (exact) mass is 612 g/mol. The van der Waals surface area contributed by atoms with Crippen molar-refractivity contribution >= 4 is 11.6 Å². The zero-order valence-electron chi connectivity index (χ0n) is 27.3. The smallest absolute Gasteiger partial charge is 0.155 e. The van der Waals surface area contributed by atoms with Gasteiger partial charge in [-0.05, 0) is 146 Å². The molecule has 244 valence electrons. The fourth-order valence-corrected chi connectivity index (χ4v) is 13.0. The van der Waals surface area contributed by atoms with Gasteiger partial charge in [0.1, 0.15) is 12.3 Å². The molecule has 0 amide bonds. The van der Waals surface area contributed by atoms with Gasteiger partial charge >= 0.3 is 0 Å². The van der Waals surface area contributed by atoms with Crippen LogP contribution in [0.3, 0.4) is 0 Å². The topological polar surface area (TPSA) is 74.6 Å². The molecule has 44 heavy (non-hydrogen) atoms. The number of alkyl halides is 2. The first-order chi connectivity index (χ1) is 20.7. The lowest BCUT2D eigenvalue weighted by atomic mass is 9.47. The van der Waals surface area contributed by atoms with Crippen molar-refractivity contribution in [3.05, 3.63) is 23.3 Å². The zero-order chi connectivity index (χ0) is 31.4. The van der Waals surface area contributed by atoms with Crippen molar-refractivity contribution in [2.45, 2.75) is 142 Å². The molecule has 0 heterocycles. The van der Waals surface area contributed by atoms with Crippen LogP contribution in [0.15, 0.2) is 23.3 Å². The second-order valence-electron chi connectivity index (χ2n) is 17.4. The number of hydrogen-bond donors (Lipinski definition) is 2. The van der Waals surface area contributed by atoms with Gasteiger partial charge in [0, 0.05) is 12.8 Å². The number of carbonyl (C=O) groups is 2. The first-order valence-electron chi connectivity index (χ1n) is 17.8. The highest BCUT2D eigenvalue weighted by atomic mass is 19.1. The average molecular weight is 613 g/mol. The van der Waals surface area contributed by atoms with Crippen molar-refractivity contribution in [3.63, 3.8) is 0 Å². The second-order valence-corrected chi connectivity index (χ2v) is 17.4. The molecule has 6 heteroatoms. The third-order valence-corrected chi connectivity index (χ3v) is 15.8. The van der Waals surface area contributed by atoms with E-state index in [-0.39, 0.29) is 33.2 Å². The summed E-state index contributed by atoms with van der Waals surface area (Å²) in [6, 6.07) is 0. The van der Waals surface area contributed by atoms with Crippen molar-refractivity contribution in [2.75, 3.05) is 0 Å². The summed E-state index contributed by atoms with van der Waals surface area (Å²) >= 11 is 0. The molecular formula is C38H54F2O4. The predicted molar refractivity (Wildman–Crippen MR) is 166 cm³/mol. The molecule has 0 aromatic carbocycles. The molecule has 0 aliphatic heterocycles. The number of halogens is 2. The summed E-state index contributed by atoms with van der Waals surface area (Å²) in [5, 5.41) is 20.7. The Kier molecular flexibility index (Phi) is 7.49. The second kappa shape index (κ2) is 10.6. The first kappa shape index (κ1) is 31.2. The fourth-order valence-electron chi connectivity index (χ4n) is 13.0. The van der Waals surface area contributed by atoms with Gasteiger partial charge in [-0.2, -0.15) is 0 Å². The zero-order valence-corrected chi connectivity index (χ0v) is 27.3. The van der Waals surface area contributed by atoms with Crippen molar-refractivity contribution in [1.29, 1.82) is 0 Å². The van der Waals surface area contributed by atoms with E-state index in [0.717, 1.165) is 64.2 Å². The Morgan fingerprint density at radius 2 is 0.977 bits per heavy atom. The average Bonchev–Trinajstić information content (AvgIpc) is 3.37. The van der Waals surface area contributed by atoms with Crippen LogP contribution in [0.1, 0.15) is 118 Å². The molecule has 4 nitrogen and oxygen atoms in total. The number of aliphatic hydroxyl groups excluding tert-OH is 2. The maximum absolute atomic E-state index is 14.2. The summed E-state index contributed by atoms with van der Waals surface area (Å²) in [4.78, 5) is 23.6. The highest BCUT2D eigenvalue weighted by Gasteiger charge is 2.63. The molecule has 6 unspecified atom stereocenters. The van der Waals surface area contributed by atoms with Gasteiger partial charge in [-0.15, -0.1) is 0 Å². The van der Waals surface area contributed by atoms with E-state index in [4.69, 9.17) is 0 Å². The highest BCUT2D eigenvalue weighted by Crippen LogP contribution is 2.67. The SMILES string of the molecule is C[C@]12CCC(=O)C=C1CCC1C2CC[C@@]2(C)C1C[C@@H](F)[C@@H]2O.C[C@]12CCC(=O)C=C1CCC1C2CC[C@@]2(C)C1C[C@H](F)[C@@H]2O. The molecule has 0 saturated heterocycles. The van der Waals surface area contributed by atoms with E-state index in [1.807, 2.05) is 12.2 Å². The standard InChI is InChI=1S/2C19H27FO2/c2*1-18-7-5-12(21)9-11(18)3-4-13-14(18)6-8-19(2)15(13)10-16(20)17(19)22/h2*9,13-17,22H,3-8,10H2,1-2H3/t13?,14?,15?,16-,17+,18+,19+;13?,14?,15?,16-,17-,18-,19-/m10/s1. The van der Waals surface area contributed by atoms with E-state index in [2.05, 4.69) is 27.7 Å². The molecule has 6 fully saturated rings. The normalized spacial score (nSPS) is 54.3. The highest BCUT2D eigenvalue weighted by molar-refractivity contribution is 5.92. The lowest BCUT2D eigenvalue weighted by Gasteiger charge is -2.57. The van der Waals surface area contributed by atoms with Crippen molar-refractivity contribution < 1.29 is 28.6 Å². The lowest BCUT2D eigenvalue weighted by molar-refractivity contribution is -0.118. The molecule has 8 aliphatic carbocycles. The van der Waals surface area contributed by atoms with Gasteiger partial charge in [0.25, 0.3) is 0 Å². The maximum Gasteiger partial charge on any atom is 0.155 e. The van der Waals surface area contributed by atoms with Gasteiger partial charge in [0.15, 0.2) is 11.6 Å². The van der Waals surface area contributed by atoms with E-state index in [1.165, 1.54) is 11.1 Å². The van der Waals surface area contributed by atoms with E-state index in [9.17, 15) is 28.6 Å². The number of fused-ring (bicyclic) bond motifs is 10. The molecule has 8 aliphatic rings. The van der Waals surface area contributed by atoms with Crippen LogP contribution in [-0.2, 0) is 9.59 Å². The van der Waals surface area contributed by atoms with Crippen LogP contribution in [0, 0.1) is 57.2 Å². The van der Waals surface area contributed by atoms with E-state index in [0.29, 0.717) is 61.2 Å². The van der Waals surface area contributed by atoms with Gasteiger partial charge < -0.3 is 10.2 Å². The molecule has 0 radical (unpaired) electrons. The minimum Gasteiger partial charge on any atom is -0.390 e. The minimum atomic E-state index is -1.05. The quantitative estimate of drug-likeness (QED) is 0.295. The van der Waals surface area contributed by atoms with Crippen LogP contribution in [0.25, 0.3) is 0 Å². The third kappa shape index (κ3) is 4.38. The van der Waals surface area contributed by atoms with Gasteiger partial charge in [-0.1, -0.05) is 38.8 Å². The van der Waals surface area contributed by atoms with Gasteiger partial charge in [0.05, 0.1) is 12.2 Å². The van der Waals surface area contributed by atoms with Crippen molar-refractivity contribution in [2.24, 2.45) is 57.2 Å². The number of ketones is 2. The Labute approximate surface area is 262 Å². The number of aliphatic hydroxyl groups is 2. The molecule has 0 bridgehead atoms. The molecule has 6 saturated carbocycles. The Hall–Kier alpha value is -1.40. The molecule has 0 spiro atoms. The summed E-state index contributed by atoms with van der Waals surface area (Å²) in [6.45, 7) is 8.89. The van der Waals surface area contributed by atoms with Crippen LogP contribution in [0.2, 0.25) is 0 Å².